The molecule has 15 aromatic rings. The van der Waals surface area contributed by atoms with Crippen molar-refractivity contribution < 1.29 is 0 Å². The average Bonchev–Trinajstić information content (AvgIpc) is 0.706. The molecule has 462 valence electrons. The van der Waals surface area contributed by atoms with Crippen LogP contribution in [-0.4, -0.2) is 0 Å². The maximum Gasteiger partial charge on any atom is 0.0293 e. The topological polar surface area (TPSA) is 0 Å². The molecule has 0 amide bonds. The van der Waals surface area contributed by atoms with E-state index >= 15 is 0 Å². The van der Waals surface area contributed by atoms with Crippen LogP contribution >= 0.6 is 90.4 Å². The molecule has 0 bridgehead atoms. The van der Waals surface area contributed by atoms with E-state index in [2.05, 4.69) is 404 Å². The molecular formula is C90H74I4. The molecule has 0 unspecified atom stereocenters. The van der Waals surface area contributed by atoms with Crippen molar-refractivity contribution in [2.75, 3.05) is 0 Å². The van der Waals surface area contributed by atoms with Gasteiger partial charge in [0.15, 0.2) is 0 Å². The van der Waals surface area contributed by atoms with Gasteiger partial charge in [-0.15, -0.1) is 0 Å². The lowest BCUT2D eigenvalue weighted by molar-refractivity contribution is 0.590. The molecule has 0 aliphatic carbocycles. The molecule has 0 spiro atoms. The van der Waals surface area contributed by atoms with Crippen LogP contribution < -0.4 is 0 Å². The van der Waals surface area contributed by atoms with Gasteiger partial charge in [0.2, 0.25) is 0 Å². The Balaban J connectivity index is 1.11. The normalized spacial score (nSPS) is 12.7. The lowest BCUT2D eigenvalue weighted by Gasteiger charge is -2.25. The first-order valence-electron chi connectivity index (χ1n) is 32.8. The molecule has 0 radical (unpaired) electrons. The summed E-state index contributed by atoms with van der Waals surface area (Å²) >= 11 is 10.7. The Kier molecular flexibility index (Phi) is 15.9. The van der Waals surface area contributed by atoms with E-state index in [-0.39, 0.29) is 21.7 Å². The van der Waals surface area contributed by atoms with E-state index in [0.29, 0.717) is 0 Å². The summed E-state index contributed by atoms with van der Waals surface area (Å²) in [7, 11) is 0. The molecule has 4 heteroatoms. The van der Waals surface area contributed by atoms with Crippen molar-refractivity contribution in [2.45, 2.75) is 105 Å². The summed E-state index contributed by atoms with van der Waals surface area (Å²) in [5, 5.41) is 20.2. The van der Waals surface area contributed by atoms with Gasteiger partial charge in [-0.3, -0.25) is 0 Å². The highest BCUT2D eigenvalue weighted by molar-refractivity contribution is 14.1. The molecule has 0 aliphatic rings. The minimum Gasteiger partial charge on any atom is -0.0616 e. The van der Waals surface area contributed by atoms with Crippen molar-refractivity contribution in [1.82, 2.24) is 0 Å². The van der Waals surface area contributed by atoms with Gasteiger partial charge in [-0.1, -0.05) is 301 Å². The minimum absolute atomic E-state index is 0.0128. The first-order valence-corrected chi connectivity index (χ1v) is 37.1. The smallest absolute Gasteiger partial charge is 0.0293 e. The van der Waals surface area contributed by atoms with Gasteiger partial charge in [-0.2, -0.15) is 0 Å². The van der Waals surface area contributed by atoms with Crippen LogP contribution in [-0.2, 0) is 21.7 Å². The van der Waals surface area contributed by atoms with Crippen LogP contribution in [0.5, 0.6) is 0 Å². The van der Waals surface area contributed by atoms with Crippen LogP contribution in [0.2, 0.25) is 0 Å². The van der Waals surface area contributed by atoms with Gasteiger partial charge in [-0.05, 0) is 277 Å². The van der Waals surface area contributed by atoms with Crippen LogP contribution in [0.15, 0.2) is 231 Å². The highest BCUT2D eigenvalue weighted by Crippen LogP contribution is 2.55. The van der Waals surface area contributed by atoms with Gasteiger partial charge in [0.1, 0.15) is 0 Å². The molecule has 0 N–H and O–H groups in total. The van der Waals surface area contributed by atoms with Gasteiger partial charge in [0.05, 0.1) is 0 Å². The summed E-state index contributed by atoms with van der Waals surface area (Å²) in [4.78, 5) is 0. The number of hydrogen-bond acceptors (Lipinski definition) is 0. The van der Waals surface area contributed by atoms with Crippen LogP contribution in [0, 0.1) is 14.3 Å². The fourth-order valence-electron chi connectivity index (χ4n) is 14.9. The molecule has 0 fully saturated rings. The Labute approximate surface area is 608 Å². The lowest BCUT2D eigenvalue weighted by atomic mass is 9.80. The zero-order valence-electron chi connectivity index (χ0n) is 55.5. The van der Waals surface area contributed by atoms with Crippen molar-refractivity contribution in [3.8, 4) is 66.8 Å². The molecule has 15 rings (SSSR count). The van der Waals surface area contributed by atoms with E-state index in [9.17, 15) is 0 Å². The van der Waals surface area contributed by atoms with Crippen LogP contribution in [0.3, 0.4) is 0 Å². The number of benzene rings is 15. The van der Waals surface area contributed by atoms with E-state index in [1.54, 1.807) is 0 Å². The monoisotopic (exact) mass is 1660 g/mol. The Bertz CT molecular complexity index is 4930. The quantitative estimate of drug-likeness (QED) is 0.0884. The number of hydrogen-bond donors (Lipinski definition) is 0. The second kappa shape index (κ2) is 23.5. The van der Waals surface area contributed by atoms with Crippen molar-refractivity contribution in [3.63, 3.8) is 0 Å². The SMILES string of the molecule is CC(C)(C)c1ccc(-c2c(I)c3ccccc3c3c(-c4ccc(-c5c6c(cc7c(-c8ccc(C(C)(C)C)cc8)c(I)c8ccccc8c57)c(-c5ccc(C(C)(C)C)cc5)c(I)c5ccccc56)cc4)c4c(cc23)c(-c2ccc(C(C)(C)C)cc2)c(I)c2ccccc24)cc1. The van der Waals surface area contributed by atoms with Gasteiger partial charge in [0, 0.05) is 36.5 Å². The Morgan fingerprint density at radius 2 is 0.340 bits per heavy atom. The van der Waals surface area contributed by atoms with Gasteiger partial charge in [0.25, 0.3) is 0 Å². The van der Waals surface area contributed by atoms with E-state index in [4.69, 9.17) is 0 Å². The highest BCUT2D eigenvalue weighted by Gasteiger charge is 2.29. The summed E-state index contributed by atoms with van der Waals surface area (Å²) in [6.07, 6.45) is 0. The Hall–Kier alpha value is -6.70. The van der Waals surface area contributed by atoms with Crippen molar-refractivity contribution >= 4 is 177 Å². The fourth-order valence-corrected chi connectivity index (χ4v) is 19.2. The van der Waals surface area contributed by atoms with Gasteiger partial charge >= 0.3 is 0 Å². The third kappa shape index (κ3) is 10.6. The summed E-state index contributed by atoms with van der Waals surface area (Å²) < 4.78 is 5.04. The van der Waals surface area contributed by atoms with Crippen molar-refractivity contribution in [3.05, 3.63) is 267 Å². The van der Waals surface area contributed by atoms with Crippen LogP contribution in [0.25, 0.3) is 153 Å². The zero-order valence-corrected chi connectivity index (χ0v) is 64.1. The number of fused-ring (bicyclic) bond motifs is 12. The molecular weight excluding hydrogens is 1590 g/mol. The summed E-state index contributed by atoms with van der Waals surface area (Å²) in [5.74, 6) is 0. The maximum absolute atomic E-state index is 2.68. The predicted molar refractivity (Wildman–Crippen MR) is 445 cm³/mol. The summed E-state index contributed by atoms with van der Waals surface area (Å²) in [6.45, 7) is 27.7. The number of rotatable bonds is 6. The molecule has 0 atom stereocenters. The minimum atomic E-state index is 0.0128. The second-order valence-corrected chi connectivity index (χ2v) is 34.3. The Morgan fingerprint density at radius 3 is 0.521 bits per heavy atom. The lowest BCUT2D eigenvalue weighted by Crippen LogP contribution is -2.10. The van der Waals surface area contributed by atoms with E-state index in [1.807, 2.05) is 0 Å². The van der Waals surface area contributed by atoms with Crippen LogP contribution in [0.1, 0.15) is 105 Å². The molecule has 0 saturated carbocycles. The predicted octanol–water partition coefficient (Wildman–Crippen LogP) is 28.5. The van der Waals surface area contributed by atoms with Gasteiger partial charge in [-0.25, -0.2) is 0 Å². The van der Waals surface area contributed by atoms with E-state index < -0.39 is 0 Å². The molecule has 15 aromatic carbocycles. The third-order valence-corrected chi connectivity index (χ3v) is 24.4. The van der Waals surface area contributed by atoms with Crippen LogP contribution in [0.4, 0.5) is 0 Å². The molecule has 0 saturated heterocycles. The molecule has 94 heavy (non-hydrogen) atoms. The Morgan fingerprint density at radius 1 is 0.181 bits per heavy atom. The largest absolute Gasteiger partial charge is 0.0616 e. The first kappa shape index (κ1) is 63.4. The highest BCUT2D eigenvalue weighted by atomic mass is 127. The first-order chi connectivity index (χ1) is 44.9. The molecule has 0 heterocycles. The standard InChI is InChI=1S/C90H74I4/c1-87(2,3)57-41-33-51(34-42-57)73-69-49-70-74(52-35-43-58(44-36-52)88(4,5)6)84(92)66-26-18-14-22-62(66)80(70)77(79(69)61-21-13-17-25-65(61)83(73)91)55-29-31-56(32-30-55)78-81-63-23-15-19-27-67(63)85(93)75(53-37-45-59(46-38-53)89(7,8)9)71(81)50-72-76(54-39-47-60(48-40-54)90(10,11)12)86(94)68-28-20-16-24-64(68)82(72)78/h13-50H,1-12H3. The second-order valence-electron chi connectivity index (χ2n) is 30.0. The van der Waals surface area contributed by atoms with Crippen molar-refractivity contribution in [2.24, 2.45) is 0 Å². The van der Waals surface area contributed by atoms with E-state index in [1.165, 1.54) is 189 Å². The summed E-state index contributed by atoms with van der Waals surface area (Å²) in [6, 6.07) is 89.7. The molecule has 0 aromatic heterocycles. The molecule has 0 nitrogen and oxygen atoms in total. The number of halogens is 4. The summed E-state index contributed by atoms with van der Waals surface area (Å²) in [5.41, 5.74) is 20.2. The average molecular weight is 1660 g/mol. The van der Waals surface area contributed by atoms with Gasteiger partial charge < -0.3 is 0 Å². The fraction of sp³-hybridized carbons (Fsp3) is 0.178. The molecule has 0 aliphatic heterocycles. The van der Waals surface area contributed by atoms with Crippen molar-refractivity contribution in [1.29, 1.82) is 0 Å². The zero-order chi connectivity index (χ0) is 65.7. The third-order valence-electron chi connectivity index (χ3n) is 20.0. The maximum atomic E-state index is 2.68. The van der Waals surface area contributed by atoms with E-state index in [0.717, 1.165) is 0 Å².